The smallest absolute Gasteiger partial charge is 0.322 e. The Balaban J connectivity index is 0. The molecule has 0 fully saturated rings. The van der Waals surface area contributed by atoms with Crippen LogP contribution in [0.4, 0.5) is 0 Å². The van der Waals surface area contributed by atoms with E-state index in [-0.39, 0.29) is 31.4 Å². The highest BCUT2D eigenvalue weighted by atomic mass is 35.5. The van der Waals surface area contributed by atoms with Gasteiger partial charge in [-0.15, -0.1) is 12.4 Å². The number of amides is 1. The molecule has 0 aliphatic heterocycles. The normalized spacial score (nSPS) is 10.3. The number of nitrogens with zero attached hydrogens (tertiary/aromatic N) is 1. The minimum absolute atomic E-state index is 0. The van der Waals surface area contributed by atoms with E-state index in [1.807, 2.05) is 6.92 Å². The lowest BCUT2D eigenvalue weighted by atomic mass is 10.0. The number of carbonyl (C=O) groups excluding carboxylic acids is 1. The first kappa shape index (κ1) is 19.5. The van der Waals surface area contributed by atoms with Crippen LogP contribution < -0.4 is 5.32 Å². The fourth-order valence-corrected chi connectivity index (χ4v) is 1.65. The monoisotopic (exact) mass is 280 g/mol. The quantitative estimate of drug-likeness (QED) is 0.669. The number of halogens is 1. The number of carboxylic acid groups (broad SMARTS) is 1. The number of nitrogens with one attached hydrogen (secondary N) is 1. The highest BCUT2D eigenvalue weighted by molar-refractivity contribution is 5.85. The summed E-state index contributed by atoms with van der Waals surface area (Å²) in [7, 11) is 0. The van der Waals surface area contributed by atoms with Crippen molar-refractivity contribution >= 4 is 24.3 Å². The van der Waals surface area contributed by atoms with Crippen LogP contribution in [-0.2, 0) is 9.59 Å². The van der Waals surface area contributed by atoms with E-state index in [0.29, 0.717) is 5.92 Å². The molecule has 0 spiro atoms. The van der Waals surface area contributed by atoms with Gasteiger partial charge >= 0.3 is 5.97 Å². The third kappa shape index (κ3) is 9.24. The Kier molecular flexibility index (Phi) is 12.2. The summed E-state index contributed by atoms with van der Waals surface area (Å²) in [6.07, 6.45) is 2.20. The topological polar surface area (TPSA) is 69.6 Å². The average molecular weight is 281 g/mol. The van der Waals surface area contributed by atoms with Crippen molar-refractivity contribution in [2.45, 2.75) is 33.6 Å². The van der Waals surface area contributed by atoms with E-state index in [0.717, 1.165) is 25.9 Å². The third-order valence-corrected chi connectivity index (χ3v) is 2.92. The van der Waals surface area contributed by atoms with Crippen LogP contribution in [0.2, 0.25) is 0 Å². The maximum Gasteiger partial charge on any atom is 0.322 e. The molecule has 0 aromatic rings. The minimum Gasteiger partial charge on any atom is -0.480 e. The average Bonchev–Trinajstić information content (AvgIpc) is 2.31. The summed E-state index contributed by atoms with van der Waals surface area (Å²) in [5.41, 5.74) is 0. The van der Waals surface area contributed by atoms with E-state index in [9.17, 15) is 9.59 Å². The molecule has 0 saturated carbocycles. The molecule has 0 rings (SSSR count). The lowest BCUT2D eigenvalue weighted by molar-refractivity contribution is -0.138. The predicted molar refractivity (Wildman–Crippen MR) is 74.1 cm³/mol. The number of hydrogen-bond acceptors (Lipinski definition) is 3. The maximum absolute atomic E-state index is 11.5. The van der Waals surface area contributed by atoms with Gasteiger partial charge in [-0.05, 0) is 12.5 Å². The lowest BCUT2D eigenvalue weighted by Crippen LogP contribution is -2.41. The number of rotatable bonds is 9. The Morgan fingerprint density at radius 1 is 1.22 bits per heavy atom. The van der Waals surface area contributed by atoms with Crippen LogP contribution in [0.5, 0.6) is 0 Å². The molecule has 0 saturated heterocycles. The molecular weight excluding hydrogens is 256 g/mol. The zero-order valence-electron chi connectivity index (χ0n) is 11.4. The molecule has 1 amide bonds. The molecular formula is C12H25ClN2O3. The van der Waals surface area contributed by atoms with Gasteiger partial charge in [-0.2, -0.15) is 0 Å². The van der Waals surface area contributed by atoms with Crippen molar-refractivity contribution in [1.82, 2.24) is 10.2 Å². The molecule has 0 aliphatic rings. The van der Waals surface area contributed by atoms with Gasteiger partial charge < -0.3 is 10.4 Å². The van der Waals surface area contributed by atoms with Crippen LogP contribution in [-0.4, -0.2) is 48.1 Å². The molecule has 0 bridgehead atoms. The number of hydrogen-bond donors (Lipinski definition) is 2. The predicted octanol–water partition coefficient (Wildman–Crippen LogP) is 1.37. The van der Waals surface area contributed by atoms with Crippen LogP contribution in [0.1, 0.15) is 33.6 Å². The first-order chi connectivity index (χ1) is 8.03. The van der Waals surface area contributed by atoms with E-state index in [1.165, 1.54) is 0 Å². The Hall–Kier alpha value is -0.810. The van der Waals surface area contributed by atoms with Crippen molar-refractivity contribution in [2.24, 2.45) is 5.92 Å². The van der Waals surface area contributed by atoms with Gasteiger partial charge in [-0.1, -0.05) is 33.6 Å². The number of carboxylic acids is 1. The molecule has 0 radical (unpaired) electrons. The Bertz CT molecular complexity index is 245. The zero-order valence-corrected chi connectivity index (χ0v) is 12.3. The van der Waals surface area contributed by atoms with Crippen LogP contribution >= 0.6 is 12.4 Å². The highest BCUT2D eigenvalue weighted by Gasteiger charge is 2.13. The van der Waals surface area contributed by atoms with E-state index >= 15 is 0 Å². The van der Waals surface area contributed by atoms with Crippen molar-refractivity contribution < 1.29 is 14.7 Å². The number of likely N-dealkylation sites (N-methyl/N-ethyl adjacent to an activating group) is 1. The van der Waals surface area contributed by atoms with Crippen molar-refractivity contribution in [1.29, 1.82) is 0 Å². The van der Waals surface area contributed by atoms with Crippen LogP contribution in [0, 0.1) is 5.92 Å². The summed E-state index contributed by atoms with van der Waals surface area (Å²) in [5, 5.41) is 10.8. The Morgan fingerprint density at radius 2 is 1.78 bits per heavy atom. The Morgan fingerprint density at radius 3 is 2.17 bits per heavy atom. The van der Waals surface area contributed by atoms with Crippen LogP contribution in [0.15, 0.2) is 0 Å². The van der Waals surface area contributed by atoms with Gasteiger partial charge in [0.1, 0.15) is 6.54 Å². The fraction of sp³-hybridized carbons (Fsp3) is 0.833. The molecule has 0 atom stereocenters. The van der Waals surface area contributed by atoms with E-state index in [4.69, 9.17) is 5.11 Å². The van der Waals surface area contributed by atoms with Crippen molar-refractivity contribution in [3.05, 3.63) is 0 Å². The summed E-state index contributed by atoms with van der Waals surface area (Å²) in [4.78, 5) is 23.8. The molecule has 0 aliphatic carbocycles. The molecule has 0 aromatic heterocycles. The lowest BCUT2D eigenvalue weighted by Gasteiger charge is -2.24. The van der Waals surface area contributed by atoms with Gasteiger partial charge in [0.05, 0.1) is 6.54 Å². The molecule has 108 valence electrons. The van der Waals surface area contributed by atoms with Crippen molar-refractivity contribution in [3.63, 3.8) is 0 Å². The molecule has 0 aromatic carbocycles. The van der Waals surface area contributed by atoms with Gasteiger partial charge in [0.25, 0.3) is 0 Å². The third-order valence-electron chi connectivity index (χ3n) is 2.92. The van der Waals surface area contributed by atoms with Gasteiger partial charge in [0.2, 0.25) is 5.91 Å². The SMILES string of the molecule is CCC(CC)CN(CC)CC(=O)NCC(=O)O.Cl. The first-order valence-corrected chi connectivity index (χ1v) is 6.24. The molecule has 0 unspecified atom stereocenters. The molecule has 5 nitrogen and oxygen atoms in total. The largest absolute Gasteiger partial charge is 0.480 e. The number of carbonyl (C=O) groups is 2. The summed E-state index contributed by atoms with van der Waals surface area (Å²) in [6.45, 7) is 7.97. The van der Waals surface area contributed by atoms with E-state index < -0.39 is 5.97 Å². The fourth-order valence-electron chi connectivity index (χ4n) is 1.65. The summed E-state index contributed by atoms with van der Waals surface area (Å²) in [6, 6.07) is 0. The van der Waals surface area contributed by atoms with E-state index in [1.54, 1.807) is 0 Å². The first-order valence-electron chi connectivity index (χ1n) is 6.24. The molecule has 2 N–H and O–H groups in total. The van der Waals surface area contributed by atoms with E-state index in [2.05, 4.69) is 24.1 Å². The van der Waals surface area contributed by atoms with Crippen LogP contribution in [0.3, 0.4) is 0 Å². The summed E-state index contributed by atoms with van der Waals surface area (Å²) < 4.78 is 0. The molecule has 6 heteroatoms. The summed E-state index contributed by atoms with van der Waals surface area (Å²) in [5.74, 6) is -0.635. The number of aliphatic carboxylic acids is 1. The second-order valence-electron chi connectivity index (χ2n) is 4.18. The second kappa shape index (κ2) is 11.3. The zero-order chi connectivity index (χ0) is 13.3. The van der Waals surface area contributed by atoms with Gasteiger partial charge in [0, 0.05) is 6.54 Å². The summed E-state index contributed by atoms with van der Waals surface area (Å²) >= 11 is 0. The minimum atomic E-state index is -1.01. The second-order valence-corrected chi connectivity index (χ2v) is 4.18. The Labute approximate surface area is 115 Å². The maximum atomic E-state index is 11.5. The van der Waals surface area contributed by atoms with Gasteiger partial charge in [-0.25, -0.2) is 0 Å². The van der Waals surface area contributed by atoms with Crippen LogP contribution in [0.25, 0.3) is 0 Å². The van der Waals surface area contributed by atoms with Crippen molar-refractivity contribution in [2.75, 3.05) is 26.2 Å². The van der Waals surface area contributed by atoms with Crippen molar-refractivity contribution in [3.8, 4) is 0 Å². The molecule has 0 heterocycles. The van der Waals surface area contributed by atoms with Gasteiger partial charge in [0.15, 0.2) is 0 Å². The van der Waals surface area contributed by atoms with Gasteiger partial charge in [-0.3, -0.25) is 14.5 Å². The highest BCUT2D eigenvalue weighted by Crippen LogP contribution is 2.09. The molecule has 18 heavy (non-hydrogen) atoms. The standard InChI is InChI=1S/C12H24N2O3.ClH/c1-4-10(5-2)8-14(6-3)9-11(15)13-7-12(16)17;/h10H,4-9H2,1-3H3,(H,13,15)(H,16,17);1H.